The molecule has 0 spiro atoms. The third kappa shape index (κ3) is 12.4. The Bertz CT molecular complexity index is 1830. The van der Waals surface area contributed by atoms with Crippen LogP contribution >= 0.6 is 23.2 Å². The summed E-state index contributed by atoms with van der Waals surface area (Å²) in [6, 6.07) is 13.7. The fraction of sp³-hybridized carbons (Fsp3) is 0.652. The molecule has 0 radical (unpaired) electrons. The van der Waals surface area contributed by atoms with Crippen molar-refractivity contribution in [2.75, 3.05) is 21.2 Å². The summed E-state index contributed by atoms with van der Waals surface area (Å²) in [6.07, 6.45) is -6.58. The molecular formula is C46H67Cl2N3O10. The quantitative estimate of drug-likeness (QED) is 0.129. The van der Waals surface area contributed by atoms with Crippen LogP contribution in [0.3, 0.4) is 0 Å². The van der Waals surface area contributed by atoms with Gasteiger partial charge in [-0.05, 0) is 109 Å². The second-order valence-corrected chi connectivity index (χ2v) is 18.5. The minimum Gasteiger partial charge on any atom is -0.461 e. The minimum atomic E-state index is -1.96. The van der Waals surface area contributed by atoms with Crippen LogP contribution in [-0.2, 0) is 39.7 Å². The number of likely N-dealkylation sites (N-methyl/N-ethyl adjacent to an activating group) is 1. The molecule has 4 rings (SSSR count). The highest BCUT2D eigenvalue weighted by Crippen LogP contribution is 2.40. The Kier molecular flexibility index (Phi) is 17.9. The highest BCUT2D eigenvalue weighted by molar-refractivity contribution is 6.30. The van der Waals surface area contributed by atoms with Crippen LogP contribution in [0.1, 0.15) is 92.7 Å². The highest BCUT2D eigenvalue weighted by atomic mass is 35.5. The third-order valence-electron chi connectivity index (χ3n) is 12.6. The zero-order valence-electron chi connectivity index (χ0n) is 37.7. The monoisotopic (exact) mass is 891 g/mol. The molecule has 14 atom stereocenters. The van der Waals surface area contributed by atoms with E-state index in [9.17, 15) is 24.9 Å². The summed E-state index contributed by atoms with van der Waals surface area (Å²) >= 11 is 12.3. The maximum Gasteiger partial charge on any atom is 0.312 e. The molecule has 0 saturated carbocycles. The highest BCUT2D eigenvalue weighted by Gasteiger charge is 2.52. The number of hydrogen-bond acceptors (Lipinski definition) is 13. The van der Waals surface area contributed by atoms with Crippen molar-refractivity contribution in [3.8, 4) is 0 Å². The van der Waals surface area contributed by atoms with E-state index in [1.54, 1.807) is 64.1 Å². The Hall–Kier alpha value is -2.98. The molecule has 0 amide bonds. The standard InChI is InChI=1S/C46H67Cl2N3O10/c1-13-36-46(9,56)41(54)27(4)38(50-49-30(7)32-16-20-34(48)21-17-32)25(2)24-45(8,57-12)42(61-44-39(53)35(51(10)11)22-26(3)58-44)28(5)40(29(6)43(55)59-36)60-37(52)23-31-14-18-33(47)19-15-31/h14-21,25-29,35-36,39-42,44,53-54,56H,13,22-24H2,1-12H3/b49-30+,50-38+/t25-,26?,27+,28+,29-,35?,36-,39?,40+,41-,42-,44?,45-,46-/m1/s1. The van der Waals surface area contributed by atoms with Crippen molar-refractivity contribution in [1.82, 2.24) is 4.90 Å². The average molecular weight is 893 g/mol. The number of benzene rings is 2. The van der Waals surface area contributed by atoms with Gasteiger partial charge in [0.25, 0.3) is 0 Å². The number of aliphatic hydroxyl groups is 3. The van der Waals surface area contributed by atoms with Crippen molar-refractivity contribution >= 4 is 46.6 Å². The number of carbonyl (C=O) groups is 2. The number of aliphatic hydroxyl groups excluding tert-OH is 2. The van der Waals surface area contributed by atoms with Crippen LogP contribution in [-0.4, -0.2) is 125 Å². The van der Waals surface area contributed by atoms with Gasteiger partial charge in [-0.25, -0.2) is 0 Å². The number of rotatable bonds is 10. The van der Waals surface area contributed by atoms with Crippen molar-refractivity contribution in [3.05, 3.63) is 69.7 Å². The summed E-state index contributed by atoms with van der Waals surface area (Å²) in [6.45, 7) is 15.8. The number of cyclic esters (lactones) is 1. The van der Waals surface area contributed by atoms with Gasteiger partial charge in [-0.2, -0.15) is 10.2 Å². The Balaban J connectivity index is 1.92. The van der Waals surface area contributed by atoms with Gasteiger partial charge in [0, 0.05) is 40.7 Å². The van der Waals surface area contributed by atoms with Crippen LogP contribution in [0.2, 0.25) is 10.0 Å². The van der Waals surface area contributed by atoms with Crippen LogP contribution in [0.25, 0.3) is 0 Å². The first kappa shape index (κ1) is 50.7. The lowest BCUT2D eigenvalue weighted by Crippen LogP contribution is -2.60. The molecule has 2 aromatic carbocycles. The fourth-order valence-corrected chi connectivity index (χ4v) is 9.08. The van der Waals surface area contributed by atoms with Crippen molar-refractivity contribution in [1.29, 1.82) is 0 Å². The first-order valence-corrected chi connectivity index (χ1v) is 21.9. The van der Waals surface area contributed by atoms with Gasteiger partial charge >= 0.3 is 11.9 Å². The number of halogens is 2. The lowest BCUT2D eigenvalue weighted by Gasteiger charge is -2.48. The predicted octanol–water partition coefficient (Wildman–Crippen LogP) is 6.91. The van der Waals surface area contributed by atoms with Crippen molar-refractivity contribution in [2.45, 2.75) is 148 Å². The van der Waals surface area contributed by atoms with Gasteiger partial charge in [-0.1, -0.05) is 75.2 Å². The maximum absolute atomic E-state index is 14.3. The first-order valence-electron chi connectivity index (χ1n) is 21.2. The van der Waals surface area contributed by atoms with Gasteiger partial charge in [0.15, 0.2) is 6.29 Å². The SMILES string of the molecule is CC[C@H]1OC(=O)[C@H](C)[C@@H](OC(=O)Cc2ccc(Cl)cc2)[C@H](C)[C@@H](OC2OC(C)CC(N(C)C)C2O)[C@](C)(OC)C[C@@H](C)/C(=N\N=C(/C)c2ccc(Cl)cc2)[C@H](C)[C@@H](O)[C@]1(C)O. The van der Waals surface area contributed by atoms with Crippen LogP contribution < -0.4 is 0 Å². The lowest BCUT2D eigenvalue weighted by atomic mass is 9.73. The molecule has 2 aromatic rings. The Labute approximate surface area is 371 Å². The molecule has 2 fully saturated rings. The van der Waals surface area contributed by atoms with E-state index in [0.717, 1.165) is 5.56 Å². The second kappa shape index (κ2) is 21.6. The molecule has 61 heavy (non-hydrogen) atoms. The zero-order chi connectivity index (χ0) is 45.6. The molecular weight excluding hydrogens is 825 g/mol. The summed E-state index contributed by atoms with van der Waals surface area (Å²) < 4.78 is 32.0. The molecule has 13 nitrogen and oxygen atoms in total. The van der Waals surface area contributed by atoms with E-state index in [0.29, 0.717) is 33.5 Å². The number of nitrogens with zero attached hydrogens (tertiary/aromatic N) is 3. The molecule has 15 heteroatoms. The maximum atomic E-state index is 14.3. The molecule has 0 aromatic heterocycles. The molecule has 3 N–H and O–H groups in total. The number of methoxy groups -OCH3 is 1. The average Bonchev–Trinajstić information content (AvgIpc) is 3.21. The van der Waals surface area contributed by atoms with Gasteiger partial charge in [0.1, 0.15) is 23.9 Å². The first-order chi connectivity index (χ1) is 28.5. The van der Waals surface area contributed by atoms with Gasteiger partial charge < -0.3 is 43.9 Å². The van der Waals surface area contributed by atoms with E-state index in [1.165, 1.54) is 14.0 Å². The Morgan fingerprint density at radius 2 is 1.56 bits per heavy atom. The van der Waals surface area contributed by atoms with Crippen LogP contribution in [0, 0.1) is 23.7 Å². The summed E-state index contributed by atoms with van der Waals surface area (Å²) in [7, 11) is 5.30. The van der Waals surface area contributed by atoms with E-state index in [2.05, 4.69) is 5.10 Å². The molecule has 2 saturated heterocycles. The number of ether oxygens (including phenoxy) is 5. The summed E-state index contributed by atoms with van der Waals surface area (Å²) in [5.41, 5.74) is -0.774. The van der Waals surface area contributed by atoms with Gasteiger partial charge in [-0.3, -0.25) is 9.59 Å². The van der Waals surface area contributed by atoms with E-state index in [-0.39, 0.29) is 31.4 Å². The van der Waals surface area contributed by atoms with E-state index in [4.69, 9.17) is 52.0 Å². The number of esters is 2. The van der Waals surface area contributed by atoms with Gasteiger partial charge in [0.2, 0.25) is 0 Å². The Morgan fingerprint density at radius 1 is 0.967 bits per heavy atom. The van der Waals surface area contributed by atoms with Gasteiger partial charge in [-0.15, -0.1) is 0 Å². The molecule has 2 aliphatic heterocycles. The predicted molar refractivity (Wildman–Crippen MR) is 237 cm³/mol. The zero-order valence-corrected chi connectivity index (χ0v) is 39.2. The van der Waals surface area contributed by atoms with E-state index < -0.39 is 83.6 Å². The summed E-state index contributed by atoms with van der Waals surface area (Å²) in [5, 5.41) is 46.3. The van der Waals surface area contributed by atoms with Crippen LogP contribution in [0.4, 0.5) is 0 Å². The van der Waals surface area contributed by atoms with Crippen molar-refractivity contribution < 1.29 is 48.6 Å². The van der Waals surface area contributed by atoms with E-state index >= 15 is 0 Å². The normalized spacial score (nSPS) is 36.7. The largest absolute Gasteiger partial charge is 0.461 e. The smallest absolute Gasteiger partial charge is 0.312 e. The molecule has 0 aliphatic carbocycles. The topological polar surface area (TPSA) is 169 Å². The molecule has 340 valence electrons. The fourth-order valence-electron chi connectivity index (χ4n) is 8.83. The Morgan fingerprint density at radius 3 is 2.11 bits per heavy atom. The number of hydrogen-bond donors (Lipinski definition) is 3. The van der Waals surface area contributed by atoms with Crippen molar-refractivity contribution in [2.24, 2.45) is 33.9 Å². The van der Waals surface area contributed by atoms with Gasteiger partial charge in [0.05, 0.1) is 42.0 Å². The minimum absolute atomic E-state index is 0.120. The van der Waals surface area contributed by atoms with Crippen LogP contribution in [0.15, 0.2) is 58.7 Å². The number of carbonyl (C=O) groups excluding carboxylic acids is 2. The molecule has 0 bridgehead atoms. The molecule has 4 unspecified atom stereocenters. The summed E-state index contributed by atoms with van der Waals surface area (Å²) in [4.78, 5) is 30.1. The second-order valence-electron chi connectivity index (χ2n) is 17.7. The third-order valence-corrected chi connectivity index (χ3v) is 13.1. The molecule has 2 aliphatic rings. The summed E-state index contributed by atoms with van der Waals surface area (Å²) in [5.74, 6) is -4.61. The van der Waals surface area contributed by atoms with Crippen LogP contribution in [0.5, 0.6) is 0 Å². The lowest BCUT2D eigenvalue weighted by molar-refractivity contribution is -0.301. The molecule has 2 heterocycles. The van der Waals surface area contributed by atoms with E-state index in [1.807, 2.05) is 58.8 Å². The van der Waals surface area contributed by atoms with Crippen molar-refractivity contribution in [3.63, 3.8) is 0 Å².